The highest BCUT2D eigenvalue weighted by Gasteiger charge is 2.26. The Morgan fingerprint density at radius 2 is 1.69 bits per heavy atom. The SMILES string of the molecule is COc1cc(C=C2C(=O)NC(=S)NC2=O)cc(Cl)c1OCc1ccc(Cl)c(Cl)c1. The van der Waals surface area contributed by atoms with Crippen molar-refractivity contribution in [3.63, 3.8) is 0 Å². The first kappa shape index (κ1) is 21.4. The molecule has 1 heterocycles. The second-order valence-corrected chi connectivity index (χ2v) is 7.50. The van der Waals surface area contributed by atoms with Gasteiger partial charge in [0.15, 0.2) is 16.6 Å². The molecule has 0 unspecified atom stereocenters. The summed E-state index contributed by atoms with van der Waals surface area (Å²) in [6, 6.07) is 8.28. The van der Waals surface area contributed by atoms with Crippen LogP contribution in [0.4, 0.5) is 0 Å². The van der Waals surface area contributed by atoms with Crippen LogP contribution in [-0.2, 0) is 16.2 Å². The fourth-order valence-corrected chi connectivity index (χ4v) is 3.30. The maximum absolute atomic E-state index is 12.0. The first-order valence-electron chi connectivity index (χ1n) is 8.11. The predicted molar refractivity (Wildman–Crippen MR) is 116 cm³/mol. The largest absolute Gasteiger partial charge is 0.493 e. The average Bonchev–Trinajstić information content (AvgIpc) is 2.66. The number of thiocarbonyl (C=S) groups is 1. The van der Waals surface area contributed by atoms with Crippen molar-refractivity contribution in [3.8, 4) is 11.5 Å². The van der Waals surface area contributed by atoms with Crippen LogP contribution in [0.1, 0.15) is 11.1 Å². The molecule has 10 heteroatoms. The minimum absolute atomic E-state index is 0.0428. The van der Waals surface area contributed by atoms with Gasteiger partial charge in [-0.3, -0.25) is 20.2 Å². The molecule has 0 radical (unpaired) electrons. The fourth-order valence-electron chi connectivity index (χ4n) is 2.52. The molecule has 1 fully saturated rings. The van der Waals surface area contributed by atoms with Crippen LogP contribution in [0.3, 0.4) is 0 Å². The Balaban J connectivity index is 1.86. The van der Waals surface area contributed by atoms with Gasteiger partial charge in [-0.05, 0) is 53.7 Å². The van der Waals surface area contributed by atoms with E-state index in [0.29, 0.717) is 27.1 Å². The molecule has 0 saturated carbocycles. The molecule has 0 bridgehead atoms. The van der Waals surface area contributed by atoms with E-state index in [9.17, 15) is 9.59 Å². The number of nitrogens with one attached hydrogen (secondary N) is 2. The van der Waals surface area contributed by atoms with Crippen LogP contribution in [0.15, 0.2) is 35.9 Å². The molecule has 2 aromatic rings. The van der Waals surface area contributed by atoms with Crippen molar-refractivity contribution in [3.05, 3.63) is 62.1 Å². The minimum Gasteiger partial charge on any atom is -0.493 e. The van der Waals surface area contributed by atoms with Gasteiger partial charge >= 0.3 is 0 Å². The number of ether oxygens (including phenoxy) is 2. The van der Waals surface area contributed by atoms with Crippen molar-refractivity contribution in [2.75, 3.05) is 7.11 Å². The molecule has 1 saturated heterocycles. The van der Waals surface area contributed by atoms with Gasteiger partial charge < -0.3 is 9.47 Å². The Kier molecular flexibility index (Phi) is 6.64. The Morgan fingerprint density at radius 3 is 2.31 bits per heavy atom. The molecule has 1 aliphatic rings. The normalized spacial score (nSPS) is 13.7. The molecule has 3 rings (SSSR count). The zero-order valence-corrected chi connectivity index (χ0v) is 17.9. The molecular weight excluding hydrogens is 459 g/mol. The summed E-state index contributed by atoms with van der Waals surface area (Å²) in [6.07, 6.45) is 1.38. The highest BCUT2D eigenvalue weighted by Crippen LogP contribution is 2.38. The first-order valence-corrected chi connectivity index (χ1v) is 9.65. The van der Waals surface area contributed by atoms with E-state index in [-0.39, 0.29) is 22.3 Å². The van der Waals surface area contributed by atoms with Gasteiger partial charge in [0.05, 0.1) is 22.2 Å². The van der Waals surface area contributed by atoms with Gasteiger partial charge in [0.2, 0.25) is 0 Å². The summed E-state index contributed by atoms with van der Waals surface area (Å²) >= 11 is 23.0. The van der Waals surface area contributed by atoms with Crippen LogP contribution >= 0.6 is 47.0 Å². The van der Waals surface area contributed by atoms with Crippen molar-refractivity contribution in [2.24, 2.45) is 0 Å². The number of hydrogen-bond donors (Lipinski definition) is 2. The number of benzene rings is 2. The van der Waals surface area contributed by atoms with Gasteiger partial charge in [-0.25, -0.2) is 0 Å². The number of rotatable bonds is 5. The summed E-state index contributed by atoms with van der Waals surface area (Å²) in [5.74, 6) is -0.569. The Labute approximate surface area is 186 Å². The number of carbonyl (C=O) groups is 2. The topological polar surface area (TPSA) is 76.7 Å². The molecule has 0 atom stereocenters. The lowest BCUT2D eigenvalue weighted by atomic mass is 10.1. The zero-order valence-electron chi connectivity index (χ0n) is 14.8. The third-order valence-electron chi connectivity index (χ3n) is 3.87. The van der Waals surface area contributed by atoms with Crippen molar-refractivity contribution in [1.29, 1.82) is 0 Å². The van der Waals surface area contributed by atoms with Crippen LogP contribution in [0.25, 0.3) is 6.08 Å². The summed E-state index contributed by atoms with van der Waals surface area (Å²) in [7, 11) is 1.45. The number of halogens is 3. The maximum Gasteiger partial charge on any atom is 0.263 e. The van der Waals surface area contributed by atoms with Gasteiger partial charge in [0.25, 0.3) is 11.8 Å². The van der Waals surface area contributed by atoms with E-state index in [2.05, 4.69) is 10.6 Å². The summed E-state index contributed by atoms with van der Waals surface area (Å²) in [4.78, 5) is 24.0. The second-order valence-electron chi connectivity index (χ2n) is 5.87. The standard InChI is InChI=1S/C19H13Cl3N2O4S/c1-27-15-7-10(4-11-17(25)23-19(29)24-18(11)26)6-14(22)16(15)28-8-9-2-3-12(20)13(21)5-9/h2-7H,8H2,1H3,(H2,23,24,25,26,29). The van der Waals surface area contributed by atoms with E-state index >= 15 is 0 Å². The third kappa shape index (κ3) is 5.00. The minimum atomic E-state index is -0.603. The second kappa shape index (κ2) is 9.00. The van der Waals surface area contributed by atoms with Crippen molar-refractivity contribution < 1.29 is 19.1 Å². The van der Waals surface area contributed by atoms with Crippen LogP contribution in [0.5, 0.6) is 11.5 Å². The van der Waals surface area contributed by atoms with Crippen molar-refractivity contribution in [2.45, 2.75) is 6.61 Å². The van der Waals surface area contributed by atoms with Gasteiger partial charge in [-0.1, -0.05) is 40.9 Å². The van der Waals surface area contributed by atoms with Gasteiger partial charge in [-0.15, -0.1) is 0 Å². The quantitative estimate of drug-likeness (QED) is 0.389. The van der Waals surface area contributed by atoms with Gasteiger partial charge in [0, 0.05) is 0 Å². The lowest BCUT2D eigenvalue weighted by molar-refractivity contribution is -0.123. The van der Waals surface area contributed by atoms with E-state index in [1.165, 1.54) is 13.2 Å². The predicted octanol–water partition coefficient (Wildman–Crippen LogP) is 4.15. The molecule has 6 nitrogen and oxygen atoms in total. The number of methoxy groups -OCH3 is 1. The Morgan fingerprint density at radius 1 is 1.00 bits per heavy atom. The zero-order chi connectivity index (χ0) is 21.1. The van der Waals surface area contributed by atoms with Gasteiger partial charge in [-0.2, -0.15) is 0 Å². The van der Waals surface area contributed by atoms with Crippen molar-refractivity contribution >= 4 is 70.0 Å². The van der Waals surface area contributed by atoms with Crippen LogP contribution in [0, 0.1) is 0 Å². The van der Waals surface area contributed by atoms with E-state index in [0.717, 1.165) is 5.56 Å². The molecule has 0 aromatic heterocycles. The Hall–Kier alpha value is -2.32. The summed E-state index contributed by atoms with van der Waals surface area (Å²) in [5, 5.41) is 5.78. The van der Waals surface area contributed by atoms with E-state index in [4.69, 9.17) is 56.5 Å². The highest BCUT2D eigenvalue weighted by molar-refractivity contribution is 7.80. The van der Waals surface area contributed by atoms with E-state index < -0.39 is 11.8 Å². The van der Waals surface area contributed by atoms with Crippen LogP contribution in [0.2, 0.25) is 15.1 Å². The molecule has 0 spiro atoms. The van der Waals surface area contributed by atoms with Crippen LogP contribution in [-0.4, -0.2) is 24.0 Å². The third-order valence-corrected chi connectivity index (χ3v) is 5.10. The fraction of sp³-hybridized carbons (Fsp3) is 0.105. The monoisotopic (exact) mass is 470 g/mol. The van der Waals surface area contributed by atoms with Gasteiger partial charge in [0.1, 0.15) is 12.2 Å². The average molecular weight is 472 g/mol. The molecule has 29 heavy (non-hydrogen) atoms. The van der Waals surface area contributed by atoms with E-state index in [1.807, 2.05) is 0 Å². The number of amides is 2. The van der Waals surface area contributed by atoms with Crippen molar-refractivity contribution in [1.82, 2.24) is 10.6 Å². The summed E-state index contributed by atoms with van der Waals surface area (Å²) < 4.78 is 11.1. The molecule has 2 amide bonds. The lowest BCUT2D eigenvalue weighted by Gasteiger charge is -2.17. The molecule has 150 valence electrons. The molecular formula is C19H13Cl3N2O4S. The lowest BCUT2D eigenvalue weighted by Crippen LogP contribution is -2.51. The summed E-state index contributed by atoms with van der Waals surface area (Å²) in [6.45, 7) is 0.176. The maximum atomic E-state index is 12.0. The van der Waals surface area contributed by atoms with Crippen LogP contribution < -0.4 is 20.1 Å². The first-order chi connectivity index (χ1) is 13.8. The molecule has 2 N–H and O–H groups in total. The number of hydrogen-bond acceptors (Lipinski definition) is 5. The highest BCUT2D eigenvalue weighted by atomic mass is 35.5. The molecule has 0 aliphatic carbocycles. The number of carbonyl (C=O) groups excluding carboxylic acids is 2. The van der Waals surface area contributed by atoms with E-state index in [1.54, 1.807) is 30.3 Å². The molecule has 2 aromatic carbocycles. The molecule has 1 aliphatic heterocycles. The Bertz CT molecular complexity index is 1030. The smallest absolute Gasteiger partial charge is 0.263 e. The summed E-state index contributed by atoms with van der Waals surface area (Å²) in [5.41, 5.74) is 1.15.